The number of carbonyl (C=O) groups excluding carboxylic acids is 2. The summed E-state index contributed by atoms with van der Waals surface area (Å²) in [7, 11) is 0. The van der Waals surface area contributed by atoms with Crippen molar-refractivity contribution in [2.24, 2.45) is 11.8 Å². The summed E-state index contributed by atoms with van der Waals surface area (Å²) in [5.74, 6) is 1.70. The van der Waals surface area contributed by atoms with Crippen molar-refractivity contribution < 1.29 is 9.59 Å². The molecule has 57 heavy (non-hydrogen) atoms. The molecule has 0 atom stereocenters. The van der Waals surface area contributed by atoms with Crippen LogP contribution in [0, 0.1) is 25.7 Å². The molecule has 15 rings (SSSR count). The van der Waals surface area contributed by atoms with E-state index in [2.05, 4.69) is 121 Å². The van der Waals surface area contributed by atoms with Gasteiger partial charge in [-0.3, -0.25) is 9.59 Å². The van der Waals surface area contributed by atoms with Crippen LogP contribution in [0.3, 0.4) is 0 Å². The molecule has 4 bridgehead atoms. The Morgan fingerprint density at radius 3 is 1.32 bits per heavy atom. The first-order valence-corrected chi connectivity index (χ1v) is 21.4. The van der Waals surface area contributed by atoms with Crippen LogP contribution in [-0.4, -0.2) is 16.0 Å². The van der Waals surface area contributed by atoms with Gasteiger partial charge in [-0.15, -0.1) is 0 Å². The van der Waals surface area contributed by atoms with E-state index in [-0.39, 0.29) is 11.8 Å². The lowest BCUT2D eigenvalue weighted by molar-refractivity contribution is 0.0891. The third-order valence-corrected chi connectivity index (χ3v) is 15.3. The molecule has 276 valence electrons. The maximum Gasteiger partial charge on any atom is 0.166 e. The van der Waals surface area contributed by atoms with E-state index in [1.165, 1.54) is 93.1 Å². The van der Waals surface area contributed by atoms with E-state index >= 15 is 0 Å². The van der Waals surface area contributed by atoms with E-state index in [0.717, 1.165) is 73.5 Å². The highest BCUT2D eigenvalue weighted by Gasteiger charge is 2.39. The normalized spacial score (nSPS) is 21.7. The van der Waals surface area contributed by atoms with Gasteiger partial charge in [0.2, 0.25) is 0 Å². The van der Waals surface area contributed by atoms with E-state index in [1.54, 1.807) is 0 Å². The number of Topliss-reactive ketones (excluding diaryl/α,β-unsaturated/α-hetero) is 2. The highest BCUT2D eigenvalue weighted by molar-refractivity contribution is 6.33. The molecule has 3 nitrogen and oxygen atoms in total. The van der Waals surface area contributed by atoms with E-state index in [9.17, 15) is 9.59 Å². The Morgan fingerprint density at radius 2 is 0.860 bits per heavy atom. The molecule has 6 aliphatic rings. The Kier molecular flexibility index (Phi) is 6.47. The highest BCUT2D eigenvalue weighted by Crippen LogP contribution is 2.54. The molecule has 9 aromatic rings. The summed E-state index contributed by atoms with van der Waals surface area (Å²) < 4.78 is 2.49. The Hall–Kier alpha value is -5.80. The van der Waals surface area contributed by atoms with E-state index in [1.807, 2.05) is 0 Å². The summed E-state index contributed by atoms with van der Waals surface area (Å²) in [6, 6.07) is 38.7. The van der Waals surface area contributed by atoms with Crippen LogP contribution in [0.2, 0.25) is 0 Å². The molecule has 3 heteroatoms. The number of hydrogen-bond donors (Lipinski definition) is 0. The maximum absolute atomic E-state index is 14.4. The standard InChI is InChI=1S/C54H43NO2/c1-28-11-13-30-7-3-5-9-36(30)48(28)44-25-45(49-29(2)12-14-31-8-4-6-10-37(31)49)51-43-24-39-33-17-21-35(22-18-33)54(57)41(39)27-47(43)55-46-26-40-38(23-42(46)50(44)52(51)55)32-15-19-34(20-16-32)53(40)56/h3-14,23-27,32-35H,15-22H2,1-2H3. The Bertz CT molecular complexity index is 3060. The molecule has 0 radical (unpaired) electrons. The first-order valence-electron chi connectivity index (χ1n) is 21.4. The Balaban J connectivity index is 1.30. The van der Waals surface area contributed by atoms with Gasteiger partial charge in [-0.1, -0.05) is 72.8 Å². The molecule has 2 saturated carbocycles. The van der Waals surface area contributed by atoms with E-state index < -0.39 is 0 Å². The van der Waals surface area contributed by atoms with Gasteiger partial charge in [-0.25, -0.2) is 0 Å². The van der Waals surface area contributed by atoms with Crippen molar-refractivity contribution in [3.8, 4) is 22.3 Å². The molecule has 6 aliphatic carbocycles. The van der Waals surface area contributed by atoms with Crippen molar-refractivity contribution in [2.75, 3.05) is 0 Å². The summed E-state index contributed by atoms with van der Waals surface area (Å²) in [6.45, 7) is 4.53. The van der Waals surface area contributed by atoms with Crippen LogP contribution in [-0.2, 0) is 0 Å². The van der Waals surface area contributed by atoms with E-state index in [0.29, 0.717) is 23.4 Å². The number of aromatic nitrogens is 1. The minimum absolute atomic E-state index is 0.115. The van der Waals surface area contributed by atoms with Crippen LogP contribution in [0.5, 0.6) is 0 Å². The molecular weight excluding hydrogens is 695 g/mol. The second kappa shape index (κ2) is 11.4. The Labute approximate surface area is 331 Å². The third kappa shape index (κ3) is 4.22. The molecule has 0 spiro atoms. The number of rotatable bonds is 2. The molecular formula is C54H43NO2. The van der Waals surface area contributed by atoms with Crippen LogP contribution < -0.4 is 0 Å². The predicted octanol–water partition coefficient (Wildman–Crippen LogP) is 14.0. The molecule has 2 aromatic heterocycles. The zero-order chi connectivity index (χ0) is 37.8. The lowest BCUT2D eigenvalue weighted by Gasteiger charge is -2.22. The van der Waals surface area contributed by atoms with Crippen LogP contribution in [0.25, 0.3) is 81.9 Å². The number of nitrogens with zero attached hydrogens (tertiary/aromatic N) is 1. The van der Waals surface area contributed by atoms with Gasteiger partial charge in [0.1, 0.15) is 0 Å². The van der Waals surface area contributed by atoms with Crippen molar-refractivity contribution >= 4 is 71.2 Å². The van der Waals surface area contributed by atoms with E-state index in [4.69, 9.17) is 0 Å². The minimum Gasteiger partial charge on any atom is -0.308 e. The molecule has 0 N–H and O–H groups in total. The molecule has 7 aromatic carbocycles. The predicted molar refractivity (Wildman–Crippen MR) is 235 cm³/mol. The van der Waals surface area contributed by atoms with Gasteiger partial charge < -0.3 is 4.40 Å². The Morgan fingerprint density at radius 1 is 0.439 bits per heavy atom. The lowest BCUT2D eigenvalue weighted by atomic mass is 9.81. The number of aryl methyl sites for hydroxylation is 2. The van der Waals surface area contributed by atoms with Gasteiger partial charge in [-0.05, 0) is 173 Å². The number of hydrogen-bond acceptors (Lipinski definition) is 2. The van der Waals surface area contributed by atoms with Gasteiger partial charge in [0.25, 0.3) is 0 Å². The van der Waals surface area contributed by atoms with Crippen molar-refractivity contribution in [1.29, 1.82) is 0 Å². The SMILES string of the molecule is Cc1ccc2ccccc2c1-c1cc(-c2c(C)ccc3ccccc23)c2c3cc4c(cc3n3c5cc6c(cc5c1c23)C1CCC(CC1)C6=O)C(=O)C1CCC4CC1. The fourth-order valence-electron chi connectivity index (χ4n) is 12.5. The average molecular weight is 738 g/mol. The number of benzene rings is 7. The maximum atomic E-state index is 14.4. The van der Waals surface area contributed by atoms with Crippen LogP contribution in [0.4, 0.5) is 0 Å². The van der Waals surface area contributed by atoms with Crippen molar-refractivity contribution in [3.05, 3.63) is 137 Å². The zero-order valence-electron chi connectivity index (χ0n) is 32.5. The van der Waals surface area contributed by atoms with Gasteiger partial charge in [0.15, 0.2) is 11.6 Å². The molecule has 2 fully saturated rings. The number of fused-ring (bicyclic) bond motifs is 12. The van der Waals surface area contributed by atoms with Crippen LogP contribution in [0.1, 0.15) is 106 Å². The topological polar surface area (TPSA) is 38.5 Å². The van der Waals surface area contributed by atoms with Gasteiger partial charge in [0.05, 0.1) is 16.6 Å². The second-order valence-corrected chi connectivity index (χ2v) is 18.1. The quantitative estimate of drug-likeness (QED) is 0.177. The third-order valence-electron chi connectivity index (χ3n) is 15.3. The number of ketones is 2. The van der Waals surface area contributed by atoms with Crippen molar-refractivity contribution in [2.45, 2.75) is 77.0 Å². The first-order chi connectivity index (χ1) is 27.9. The van der Waals surface area contributed by atoms with Crippen molar-refractivity contribution in [1.82, 2.24) is 4.40 Å². The largest absolute Gasteiger partial charge is 0.308 e. The monoisotopic (exact) mass is 737 g/mol. The summed E-state index contributed by atoms with van der Waals surface area (Å²) >= 11 is 0. The fourth-order valence-corrected chi connectivity index (χ4v) is 12.5. The van der Waals surface area contributed by atoms with Gasteiger partial charge >= 0.3 is 0 Å². The van der Waals surface area contributed by atoms with Gasteiger partial charge in [0, 0.05) is 44.5 Å². The summed E-state index contributed by atoms with van der Waals surface area (Å²) in [6.07, 6.45) is 8.27. The zero-order valence-corrected chi connectivity index (χ0v) is 32.5. The van der Waals surface area contributed by atoms with Crippen molar-refractivity contribution in [3.63, 3.8) is 0 Å². The molecule has 0 amide bonds. The molecule has 0 saturated heterocycles. The number of carbonyl (C=O) groups is 2. The smallest absolute Gasteiger partial charge is 0.166 e. The first kappa shape index (κ1) is 32.3. The van der Waals surface area contributed by atoms with Crippen LogP contribution >= 0.6 is 0 Å². The fraction of sp³-hybridized carbons (Fsp3) is 0.259. The average Bonchev–Trinajstić information content (AvgIpc) is 3.57. The summed E-state index contributed by atoms with van der Waals surface area (Å²) in [4.78, 5) is 28.8. The minimum atomic E-state index is 0.115. The molecule has 2 heterocycles. The molecule has 0 aliphatic heterocycles. The van der Waals surface area contributed by atoms with Crippen LogP contribution in [0.15, 0.2) is 103 Å². The summed E-state index contributed by atoms with van der Waals surface area (Å²) in [5, 5.41) is 9.92. The second-order valence-electron chi connectivity index (χ2n) is 18.1. The highest BCUT2D eigenvalue weighted by atomic mass is 16.1. The molecule has 0 unspecified atom stereocenters. The summed E-state index contributed by atoms with van der Waals surface area (Å²) in [5.41, 5.74) is 15.3. The lowest BCUT2D eigenvalue weighted by Crippen LogP contribution is -2.15. The van der Waals surface area contributed by atoms with Gasteiger partial charge in [-0.2, -0.15) is 0 Å².